The molecule has 3 aromatic carbocycles. The summed E-state index contributed by atoms with van der Waals surface area (Å²) in [4.78, 5) is 82.6. The number of nitrogens with zero attached hydrogens (tertiary/aromatic N) is 3. The van der Waals surface area contributed by atoms with Crippen LogP contribution in [0.1, 0.15) is 77.8 Å². The van der Waals surface area contributed by atoms with E-state index in [1.807, 2.05) is 0 Å². The molecular weight excluding hydrogens is 807 g/mol. The zero-order chi connectivity index (χ0) is 43.7. The normalized spacial score (nSPS) is 17.7. The smallest absolute Gasteiger partial charge is 0.264 e. The number of hydrogen-bond donors (Lipinski definition) is 4. The van der Waals surface area contributed by atoms with Crippen molar-refractivity contribution in [3.05, 3.63) is 77.4 Å². The van der Waals surface area contributed by atoms with Gasteiger partial charge in [0.1, 0.15) is 15.9 Å². The second-order valence-electron chi connectivity index (χ2n) is 15.4. The van der Waals surface area contributed by atoms with Crippen molar-refractivity contribution < 1.29 is 46.7 Å². The average Bonchev–Trinajstić information content (AvgIpc) is 3.47. The number of fused-ring (bicyclic) bond motifs is 1. The van der Waals surface area contributed by atoms with Crippen LogP contribution in [0.3, 0.4) is 0 Å². The van der Waals surface area contributed by atoms with Gasteiger partial charge in [0.15, 0.2) is 11.5 Å². The van der Waals surface area contributed by atoms with Gasteiger partial charge in [0.2, 0.25) is 23.6 Å². The number of piperazine rings is 1. The fourth-order valence-electron chi connectivity index (χ4n) is 7.77. The largest absolute Gasteiger partial charge is 0.493 e. The van der Waals surface area contributed by atoms with E-state index in [1.54, 1.807) is 61.5 Å². The van der Waals surface area contributed by atoms with Crippen LogP contribution in [0.2, 0.25) is 0 Å². The molecule has 3 aliphatic rings. The highest BCUT2D eigenvalue weighted by molar-refractivity contribution is 7.90. The van der Waals surface area contributed by atoms with Crippen molar-refractivity contribution in [3.8, 4) is 11.5 Å². The highest BCUT2D eigenvalue weighted by Gasteiger charge is 2.43. The lowest BCUT2D eigenvalue weighted by molar-refractivity contribution is -0.133. The van der Waals surface area contributed by atoms with Crippen LogP contribution in [0, 0.1) is 0 Å². The molecule has 0 saturated carbocycles. The number of piperidine rings is 1. The number of sulfone groups is 1. The number of carbonyl (C=O) groups excluding carboxylic acids is 6. The molecule has 2 atom stereocenters. The Morgan fingerprint density at radius 3 is 2.31 bits per heavy atom. The highest BCUT2D eigenvalue weighted by atomic mass is 32.2. The lowest BCUT2D eigenvalue weighted by Crippen LogP contribution is -2.48. The molecule has 0 aliphatic carbocycles. The van der Waals surface area contributed by atoms with Crippen LogP contribution in [-0.4, -0.2) is 130 Å². The van der Waals surface area contributed by atoms with Crippen LogP contribution in [0.5, 0.6) is 11.5 Å². The van der Waals surface area contributed by atoms with E-state index in [9.17, 15) is 37.2 Å². The maximum absolute atomic E-state index is 14.0. The van der Waals surface area contributed by atoms with E-state index in [2.05, 4.69) is 31.1 Å². The summed E-state index contributed by atoms with van der Waals surface area (Å²) >= 11 is 0. The molecule has 2 unspecified atom stereocenters. The van der Waals surface area contributed by atoms with Crippen molar-refractivity contribution in [1.82, 2.24) is 20.0 Å². The molecule has 0 aromatic heterocycles. The zero-order valence-electron chi connectivity index (χ0n) is 34.7. The first-order valence-electron chi connectivity index (χ1n) is 20.5. The third kappa shape index (κ3) is 11.7. The standard InChI is InChI=1S/C43H53N7O10S/c1-4-60-36-24-28(15-17-35(36)59-2)34(27-61(3,57)58)50-42(55)31-12-9-13-32(40(31)43(50)56)46-37(51)14-6-5-7-19-48-20-22-49(23-21-48)26-39(53)45-30-11-8-10-29(25-30)44-33-16-18-38(52)47-41(33)54/h8-13,15,17,24-25,33-34,44H,4-7,14,16,18-23,26-27H2,1-3H3,(H,45,53)(H,46,51)(H,47,52,54). The number of rotatable bonds is 19. The summed E-state index contributed by atoms with van der Waals surface area (Å²) in [7, 11) is -2.21. The summed E-state index contributed by atoms with van der Waals surface area (Å²) < 4.78 is 36.3. The lowest BCUT2D eigenvalue weighted by atomic mass is 10.1. The Morgan fingerprint density at radius 1 is 0.852 bits per heavy atom. The Morgan fingerprint density at radius 2 is 1.59 bits per heavy atom. The van der Waals surface area contributed by atoms with Gasteiger partial charge >= 0.3 is 0 Å². The molecule has 0 radical (unpaired) electrons. The van der Waals surface area contributed by atoms with Gasteiger partial charge in [-0.05, 0) is 80.8 Å². The summed E-state index contributed by atoms with van der Waals surface area (Å²) in [6, 6.07) is 14.8. The van der Waals surface area contributed by atoms with Crippen molar-refractivity contribution in [2.24, 2.45) is 0 Å². The summed E-state index contributed by atoms with van der Waals surface area (Å²) in [6.07, 6.45) is 4.20. The second-order valence-corrected chi connectivity index (χ2v) is 17.6. The molecule has 6 amide bonds. The maximum Gasteiger partial charge on any atom is 0.264 e. The highest BCUT2D eigenvalue weighted by Crippen LogP contribution is 2.38. The van der Waals surface area contributed by atoms with E-state index in [4.69, 9.17) is 9.47 Å². The lowest BCUT2D eigenvalue weighted by Gasteiger charge is -2.34. The predicted octanol–water partition coefficient (Wildman–Crippen LogP) is 3.45. The van der Waals surface area contributed by atoms with Crippen LogP contribution in [0.25, 0.3) is 0 Å². The van der Waals surface area contributed by atoms with Crippen molar-refractivity contribution in [2.75, 3.05) is 80.9 Å². The molecular formula is C43H53N7O10S. The molecule has 6 rings (SSSR count). The summed E-state index contributed by atoms with van der Waals surface area (Å²) in [5.41, 5.74) is 1.93. The van der Waals surface area contributed by atoms with E-state index >= 15 is 0 Å². The average molecular weight is 860 g/mol. The molecule has 61 heavy (non-hydrogen) atoms. The van der Waals surface area contributed by atoms with Crippen LogP contribution in [-0.2, 0) is 29.0 Å². The molecule has 0 spiro atoms. The SMILES string of the molecule is CCOc1cc(C(CS(C)(=O)=O)N2C(=O)c3cccc(NC(=O)CCCCCN4CCN(CC(=O)Nc5cccc(NC6CCC(=O)NC6=O)c5)CC4)c3C2=O)ccc1OC. The monoisotopic (exact) mass is 859 g/mol. The van der Waals surface area contributed by atoms with Crippen LogP contribution in [0.4, 0.5) is 17.1 Å². The first-order valence-corrected chi connectivity index (χ1v) is 22.5. The fourth-order valence-corrected chi connectivity index (χ4v) is 8.69. The minimum absolute atomic E-state index is 0.0167. The first kappa shape index (κ1) is 44.7. The Bertz CT molecular complexity index is 2260. The first-order chi connectivity index (χ1) is 29.2. The van der Waals surface area contributed by atoms with E-state index < -0.39 is 39.5 Å². The van der Waals surface area contributed by atoms with Gasteiger partial charge < -0.3 is 30.3 Å². The van der Waals surface area contributed by atoms with Gasteiger partial charge in [-0.15, -0.1) is 0 Å². The molecule has 18 heteroatoms. The number of benzene rings is 3. The Labute approximate surface area is 355 Å². The van der Waals surface area contributed by atoms with Gasteiger partial charge in [-0.2, -0.15) is 0 Å². The molecule has 2 saturated heterocycles. The van der Waals surface area contributed by atoms with Gasteiger partial charge in [-0.25, -0.2) is 8.42 Å². The van der Waals surface area contributed by atoms with Gasteiger partial charge in [0, 0.05) is 56.7 Å². The Kier molecular flexibility index (Phi) is 14.8. The Hall–Kier alpha value is -5.85. The van der Waals surface area contributed by atoms with Gasteiger partial charge in [-0.3, -0.25) is 43.9 Å². The second kappa shape index (κ2) is 20.1. The molecule has 3 aromatic rings. The van der Waals surface area contributed by atoms with Crippen molar-refractivity contribution in [2.45, 2.75) is 57.5 Å². The number of anilines is 3. The number of amides is 6. The number of nitrogens with one attached hydrogen (secondary N) is 4. The molecule has 0 bridgehead atoms. The Balaban J connectivity index is 0.934. The van der Waals surface area contributed by atoms with Crippen LogP contribution >= 0.6 is 0 Å². The van der Waals surface area contributed by atoms with Crippen molar-refractivity contribution in [3.63, 3.8) is 0 Å². The van der Waals surface area contributed by atoms with E-state index in [-0.39, 0.29) is 59.8 Å². The minimum atomic E-state index is -3.68. The molecule has 3 heterocycles. The van der Waals surface area contributed by atoms with Crippen molar-refractivity contribution >= 4 is 62.3 Å². The number of ether oxygens (including phenoxy) is 2. The third-order valence-electron chi connectivity index (χ3n) is 10.8. The number of imide groups is 2. The van der Waals surface area contributed by atoms with Crippen LogP contribution < -0.4 is 30.7 Å². The van der Waals surface area contributed by atoms with Gasteiger partial charge in [0.25, 0.3) is 11.8 Å². The molecule has 326 valence electrons. The molecule has 17 nitrogen and oxygen atoms in total. The third-order valence-corrected chi connectivity index (χ3v) is 11.7. The molecule has 3 aliphatic heterocycles. The predicted molar refractivity (Wildman–Crippen MR) is 228 cm³/mol. The van der Waals surface area contributed by atoms with Gasteiger partial charge in [0.05, 0.1) is 48.9 Å². The van der Waals surface area contributed by atoms with Gasteiger partial charge in [-0.1, -0.05) is 24.6 Å². The maximum atomic E-state index is 14.0. The van der Waals surface area contributed by atoms with Crippen molar-refractivity contribution in [1.29, 1.82) is 0 Å². The summed E-state index contributed by atoms with van der Waals surface area (Å²) in [6.45, 7) is 6.26. The topological polar surface area (TPSA) is 213 Å². The van der Waals surface area contributed by atoms with E-state index in [1.165, 1.54) is 13.2 Å². The summed E-state index contributed by atoms with van der Waals surface area (Å²) in [5, 5.41) is 11.2. The van der Waals surface area contributed by atoms with E-state index in [0.717, 1.165) is 56.7 Å². The molecule has 2 fully saturated rings. The zero-order valence-corrected chi connectivity index (χ0v) is 35.5. The number of unbranched alkanes of at least 4 members (excludes halogenated alkanes) is 2. The summed E-state index contributed by atoms with van der Waals surface area (Å²) in [5.74, 6) is -2.21. The number of hydrogen-bond acceptors (Lipinski definition) is 13. The number of methoxy groups -OCH3 is 1. The van der Waals surface area contributed by atoms with E-state index in [0.29, 0.717) is 47.9 Å². The fraction of sp³-hybridized carbons (Fsp3) is 0.442. The quantitative estimate of drug-likeness (QED) is 0.101. The number of carbonyl (C=O) groups is 6. The molecule has 4 N–H and O–H groups in total. The van der Waals surface area contributed by atoms with Crippen LogP contribution in [0.15, 0.2) is 60.7 Å². The minimum Gasteiger partial charge on any atom is -0.493 e.